The lowest BCUT2D eigenvalue weighted by molar-refractivity contribution is -0.118. The number of hydrogen-bond donors (Lipinski definition) is 2. The molecular weight excluding hydrogens is 254 g/mol. The molecule has 1 aromatic heterocycles. The van der Waals surface area contributed by atoms with Crippen LogP contribution < -0.4 is 11.2 Å². The number of halogens is 1. The first-order valence-electron chi connectivity index (χ1n) is 6.17. The molecule has 102 valence electrons. The molecule has 0 unspecified atom stereocenters. The highest BCUT2D eigenvalue weighted by atomic mass is 35.5. The van der Waals surface area contributed by atoms with Crippen molar-refractivity contribution >= 4 is 18.3 Å². The van der Waals surface area contributed by atoms with Gasteiger partial charge in [-0.25, -0.2) is 4.68 Å². The van der Waals surface area contributed by atoms with Crippen LogP contribution in [0.1, 0.15) is 38.5 Å². The monoisotopic (exact) mass is 273 g/mol. The summed E-state index contributed by atoms with van der Waals surface area (Å²) in [6.07, 6.45) is 9.90. The van der Waals surface area contributed by atoms with Crippen molar-refractivity contribution in [2.24, 2.45) is 11.7 Å². The van der Waals surface area contributed by atoms with Crippen LogP contribution in [-0.4, -0.2) is 26.8 Å². The fourth-order valence-corrected chi connectivity index (χ4v) is 2.36. The SMILES string of the molecule is Cl.N[C@@H](CC1CCCCC1)C(=O)Nn1cnnc1. The first-order valence-corrected chi connectivity index (χ1v) is 6.17. The van der Waals surface area contributed by atoms with Crippen molar-refractivity contribution < 1.29 is 4.79 Å². The van der Waals surface area contributed by atoms with E-state index in [1.54, 1.807) is 0 Å². The summed E-state index contributed by atoms with van der Waals surface area (Å²) in [4.78, 5) is 11.8. The molecule has 0 aromatic carbocycles. The molecule has 3 N–H and O–H groups in total. The lowest BCUT2D eigenvalue weighted by atomic mass is 9.85. The Hall–Kier alpha value is -1.14. The number of carbonyl (C=O) groups excluding carboxylic acids is 1. The Balaban J connectivity index is 0.00000162. The van der Waals surface area contributed by atoms with Gasteiger partial charge in [-0.2, -0.15) is 0 Å². The van der Waals surface area contributed by atoms with Crippen molar-refractivity contribution in [3.63, 3.8) is 0 Å². The molecule has 18 heavy (non-hydrogen) atoms. The van der Waals surface area contributed by atoms with Crippen molar-refractivity contribution in [1.82, 2.24) is 14.9 Å². The Morgan fingerprint density at radius 2 is 1.94 bits per heavy atom. The molecule has 0 bridgehead atoms. The van der Waals surface area contributed by atoms with Gasteiger partial charge in [0.2, 0.25) is 0 Å². The molecule has 1 amide bonds. The summed E-state index contributed by atoms with van der Waals surface area (Å²) in [6, 6.07) is -0.444. The van der Waals surface area contributed by atoms with E-state index in [0.717, 1.165) is 6.42 Å². The molecule has 1 heterocycles. The van der Waals surface area contributed by atoms with E-state index in [1.807, 2.05) is 0 Å². The van der Waals surface area contributed by atoms with E-state index < -0.39 is 6.04 Å². The molecular formula is C11H20ClN5O. The lowest BCUT2D eigenvalue weighted by Gasteiger charge is -2.24. The molecule has 6 nitrogen and oxygen atoms in total. The highest BCUT2D eigenvalue weighted by Crippen LogP contribution is 2.26. The van der Waals surface area contributed by atoms with Crippen LogP contribution in [0.3, 0.4) is 0 Å². The minimum absolute atomic E-state index is 0. The van der Waals surface area contributed by atoms with Gasteiger partial charge in [0.05, 0.1) is 6.04 Å². The highest BCUT2D eigenvalue weighted by Gasteiger charge is 2.21. The summed E-state index contributed by atoms with van der Waals surface area (Å²) in [7, 11) is 0. The zero-order chi connectivity index (χ0) is 12.1. The molecule has 1 aliphatic carbocycles. The predicted molar refractivity (Wildman–Crippen MR) is 70.8 cm³/mol. The van der Waals surface area contributed by atoms with Crippen molar-refractivity contribution in [2.45, 2.75) is 44.6 Å². The van der Waals surface area contributed by atoms with Gasteiger partial charge in [-0.15, -0.1) is 22.6 Å². The van der Waals surface area contributed by atoms with Gasteiger partial charge in [-0.3, -0.25) is 10.2 Å². The van der Waals surface area contributed by atoms with E-state index in [0.29, 0.717) is 5.92 Å². The highest BCUT2D eigenvalue weighted by molar-refractivity contribution is 5.88. The Labute approximate surface area is 113 Å². The minimum atomic E-state index is -0.444. The van der Waals surface area contributed by atoms with Gasteiger partial charge in [0.25, 0.3) is 5.91 Å². The second kappa shape index (κ2) is 7.33. The molecule has 1 aliphatic rings. The first kappa shape index (κ1) is 14.9. The Bertz CT molecular complexity index is 350. The molecule has 0 radical (unpaired) electrons. The second-order valence-electron chi connectivity index (χ2n) is 4.69. The maximum Gasteiger partial charge on any atom is 0.255 e. The number of nitrogens with one attached hydrogen (secondary N) is 1. The molecule has 1 aromatic rings. The van der Waals surface area contributed by atoms with Gasteiger partial charge in [0.15, 0.2) is 0 Å². The third-order valence-electron chi connectivity index (χ3n) is 3.31. The van der Waals surface area contributed by atoms with E-state index in [4.69, 9.17) is 5.73 Å². The number of rotatable bonds is 4. The normalized spacial score (nSPS) is 17.8. The number of nitrogens with zero attached hydrogens (tertiary/aromatic N) is 3. The molecule has 0 aliphatic heterocycles. The lowest BCUT2D eigenvalue weighted by Crippen LogP contribution is -2.40. The number of carbonyl (C=O) groups is 1. The predicted octanol–water partition coefficient (Wildman–Crippen LogP) is 1.07. The largest absolute Gasteiger partial charge is 0.320 e. The van der Waals surface area contributed by atoms with Gasteiger partial charge in [-0.1, -0.05) is 32.1 Å². The third kappa shape index (κ3) is 4.27. The van der Waals surface area contributed by atoms with Crippen LogP contribution in [0.4, 0.5) is 0 Å². The van der Waals surface area contributed by atoms with Crippen LogP contribution in [0, 0.1) is 5.92 Å². The van der Waals surface area contributed by atoms with Crippen molar-refractivity contribution in [1.29, 1.82) is 0 Å². The maximum atomic E-state index is 11.8. The van der Waals surface area contributed by atoms with Crippen molar-refractivity contribution in [3.05, 3.63) is 12.7 Å². The van der Waals surface area contributed by atoms with Crippen molar-refractivity contribution in [3.8, 4) is 0 Å². The second-order valence-corrected chi connectivity index (χ2v) is 4.69. The average molecular weight is 274 g/mol. The summed E-state index contributed by atoms with van der Waals surface area (Å²) < 4.78 is 1.42. The third-order valence-corrected chi connectivity index (χ3v) is 3.31. The molecule has 7 heteroatoms. The van der Waals surface area contributed by atoms with E-state index in [2.05, 4.69) is 15.6 Å². The number of nitrogens with two attached hydrogens (primary N) is 1. The van der Waals surface area contributed by atoms with E-state index in [-0.39, 0.29) is 18.3 Å². The maximum absolute atomic E-state index is 11.8. The zero-order valence-electron chi connectivity index (χ0n) is 10.3. The van der Waals surface area contributed by atoms with Crippen LogP contribution in [0.25, 0.3) is 0 Å². The van der Waals surface area contributed by atoms with Gasteiger partial charge in [0.1, 0.15) is 12.7 Å². The zero-order valence-corrected chi connectivity index (χ0v) is 11.1. The fraction of sp³-hybridized carbons (Fsp3) is 0.727. The summed E-state index contributed by atoms with van der Waals surface area (Å²) in [5.74, 6) is 0.431. The van der Waals surface area contributed by atoms with Crippen LogP contribution in [0.15, 0.2) is 12.7 Å². The smallest absolute Gasteiger partial charge is 0.255 e. The van der Waals surface area contributed by atoms with Crippen molar-refractivity contribution in [2.75, 3.05) is 5.43 Å². The minimum Gasteiger partial charge on any atom is -0.320 e. The topological polar surface area (TPSA) is 85.8 Å². The summed E-state index contributed by atoms with van der Waals surface area (Å²) in [5.41, 5.74) is 8.54. The van der Waals surface area contributed by atoms with E-state index in [9.17, 15) is 4.79 Å². The van der Waals surface area contributed by atoms with Crippen LogP contribution in [-0.2, 0) is 4.79 Å². The van der Waals surface area contributed by atoms with Gasteiger partial charge >= 0.3 is 0 Å². The number of hydrogen-bond acceptors (Lipinski definition) is 4. The summed E-state index contributed by atoms with van der Waals surface area (Å²) in [5, 5.41) is 7.22. The Kier molecular flexibility index (Phi) is 6.07. The average Bonchev–Trinajstić information content (AvgIpc) is 2.83. The summed E-state index contributed by atoms with van der Waals surface area (Å²) >= 11 is 0. The Morgan fingerprint density at radius 3 is 2.56 bits per heavy atom. The van der Waals surface area contributed by atoms with Crippen LogP contribution >= 0.6 is 12.4 Å². The molecule has 1 fully saturated rings. The van der Waals surface area contributed by atoms with E-state index in [1.165, 1.54) is 49.4 Å². The number of aromatic nitrogens is 3. The Morgan fingerprint density at radius 1 is 1.33 bits per heavy atom. The molecule has 1 atom stereocenters. The van der Waals surface area contributed by atoms with E-state index >= 15 is 0 Å². The molecule has 0 saturated heterocycles. The number of amides is 1. The van der Waals surface area contributed by atoms with Crippen LogP contribution in [0.2, 0.25) is 0 Å². The quantitative estimate of drug-likeness (QED) is 0.859. The van der Waals surface area contributed by atoms with Gasteiger partial charge in [0, 0.05) is 0 Å². The van der Waals surface area contributed by atoms with Gasteiger partial charge < -0.3 is 5.73 Å². The fourth-order valence-electron chi connectivity index (χ4n) is 2.36. The van der Waals surface area contributed by atoms with Crippen LogP contribution in [0.5, 0.6) is 0 Å². The standard InChI is InChI=1S/C11H19N5O.ClH/c12-10(6-9-4-2-1-3-5-9)11(17)15-16-7-13-14-8-16;/h7-10H,1-6,12H2,(H,15,17);1H/t10-;/m0./s1. The van der Waals surface area contributed by atoms with Gasteiger partial charge in [-0.05, 0) is 12.3 Å². The summed E-state index contributed by atoms with van der Waals surface area (Å²) in [6.45, 7) is 0. The molecule has 2 rings (SSSR count). The molecule has 1 saturated carbocycles. The molecule has 0 spiro atoms. The first-order chi connectivity index (χ1) is 8.25.